The number of guanidine groups is 1. The van der Waals surface area contributed by atoms with Gasteiger partial charge in [-0.25, -0.2) is 0 Å². The summed E-state index contributed by atoms with van der Waals surface area (Å²) in [4.78, 5) is 15.9. The van der Waals surface area contributed by atoms with E-state index in [9.17, 15) is 4.79 Å². The SMILES string of the molecule is CNC(=O)c1cccc(CCN=C(N)Nc2cccc(C)c2)c1.I. The highest BCUT2D eigenvalue weighted by molar-refractivity contribution is 14.0. The summed E-state index contributed by atoms with van der Waals surface area (Å²) < 4.78 is 0. The number of hydrogen-bond acceptors (Lipinski definition) is 2. The van der Waals surface area contributed by atoms with Crippen LogP contribution < -0.4 is 16.4 Å². The first-order valence-corrected chi connectivity index (χ1v) is 7.53. The molecule has 2 rings (SSSR count). The summed E-state index contributed by atoms with van der Waals surface area (Å²) in [7, 11) is 1.62. The Labute approximate surface area is 159 Å². The van der Waals surface area contributed by atoms with E-state index < -0.39 is 0 Å². The summed E-state index contributed by atoms with van der Waals surface area (Å²) in [5, 5.41) is 5.69. The molecule has 0 bridgehead atoms. The van der Waals surface area contributed by atoms with E-state index in [0.29, 0.717) is 18.1 Å². The van der Waals surface area contributed by atoms with Gasteiger partial charge in [-0.3, -0.25) is 9.79 Å². The standard InChI is InChI=1S/C18H22N4O.HI/c1-13-5-3-8-16(11-13)22-18(19)21-10-9-14-6-4-7-15(12-14)17(23)20-2;/h3-8,11-12H,9-10H2,1-2H3,(H,20,23)(H3,19,21,22);1H. The van der Waals surface area contributed by atoms with Gasteiger partial charge in [0.2, 0.25) is 0 Å². The maximum absolute atomic E-state index is 11.6. The third-order valence-corrected chi connectivity index (χ3v) is 3.39. The van der Waals surface area contributed by atoms with E-state index in [-0.39, 0.29) is 29.9 Å². The van der Waals surface area contributed by atoms with Gasteiger partial charge < -0.3 is 16.4 Å². The molecule has 0 fully saturated rings. The highest BCUT2D eigenvalue weighted by Crippen LogP contribution is 2.09. The van der Waals surface area contributed by atoms with Gasteiger partial charge in [0.25, 0.3) is 5.91 Å². The number of aliphatic imine (C=N–C) groups is 1. The number of carbonyl (C=O) groups excluding carboxylic acids is 1. The zero-order chi connectivity index (χ0) is 16.7. The van der Waals surface area contributed by atoms with Crippen molar-refractivity contribution in [3.8, 4) is 0 Å². The maximum Gasteiger partial charge on any atom is 0.251 e. The average Bonchev–Trinajstić information content (AvgIpc) is 2.54. The number of nitrogens with two attached hydrogens (primary N) is 1. The fraction of sp³-hybridized carbons (Fsp3) is 0.222. The fourth-order valence-corrected chi connectivity index (χ4v) is 2.23. The van der Waals surface area contributed by atoms with Crippen LogP contribution in [0.15, 0.2) is 53.5 Å². The van der Waals surface area contributed by atoms with Gasteiger partial charge in [-0.15, -0.1) is 24.0 Å². The van der Waals surface area contributed by atoms with Gasteiger partial charge in [0.05, 0.1) is 0 Å². The molecule has 0 heterocycles. The molecule has 4 N–H and O–H groups in total. The van der Waals surface area contributed by atoms with Crippen molar-refractivity contribution in [1.82, 2.24) is 5.32 Å². The Bertz CT molecular complexity index is 716. The van der Waals surface area contributed by atoms with Crippen LogP contribution in [0.2, 0.25) is 0 Å². The maximum atomic E-state index is 11.6. The van der Waals surface area contributed by atoms with Crippen molar-refractivity contribution in [2.24, 2.45) is 10.7 Å². The van der Waals surface area contributed by atoms with Crippen molar-refractivity contribution < 1.29 is 4.79 Å². The van der Waals surface area contributed by atoms with Gasteiger partial charge in [0.15, 0.2) is 5.96 Å². The Morgan fingerprint density at radius 3 is 2.62 bits per heavy atom. The normalized spacial score (nSPS) is 10.7. The molecular formula is C18H23IN4O. The van der Waals surface area contributed by atoms with E-state index >= 15 is 0 Å². The number of amides is 1. The topological polar surface area (TPSA) is 79.5 Å². The van der Waals surface area contributed by atoms with Crippen LogP contribution in [0.5, 0.6) is 0 Å². The number of aryl methyl sites for hydroxylation is 1. The molecule has 0 radical (unpaired) electrons. The van der Waals surface area contributed by atoms with Crippen molar-refractivity contribution in [2.45, 2.75) is 13.3 Å². The largest absolute Gasteiger partial charge is 0.370 e. The first kappa shape index (κ1) is 20.0. The van der Waals surface area contributed by atoms with E-state index in [1.54, 1.807) is 13.1 Å². The van der Waals surface area contributed by atoms with Crippen molar-refractivity contribution in [1.29, 1.82) is 0 Å². The highest BCUT2D eigenvalue weighted by Gasteiger charge is 2.03. The van der Waals surface area contributed by atoms with Crippen LogP contribution in [-0.2, 0) is 6.42 Å². The van der Waals surface area contributed by atoms with E-state index in [0.717, 1.165) is 23.2 Å². The Balaban J connectivity index is 0.00000288. The minimum absolute atomic E-state index is 0. The van der Waals surface area contributed by atoms with Crippen LogP contribution in [0.3, 0.4) is 0 Å². The molecule has 0 atom stereocenters. The predicted octanol–water partition coefficient (Wildman–Crippen LogP) is 2.94. The van der Waals surface area contributed by atoms with Crippen LogP contribution in [0.25, 0.3) is 0 Å². The summed E-state index contributed by atoms with van der Waals surface area (Å²) >= 11 is 0. The number of nitrogens with one attached hydrogen (secondary N) is 2. The Hall–Kier alpha value is -2.09. The van der Waals surface area contributed by atoms with Gasteiger partial charge in [0.1, 0.15) is 0 Å². The molecule has 0 aliphatic heterocycles. The summed E-state index contributed by atoms with van der Waals surface area (Å²) in [6.45, 7) is 2.58. The van der Waals surface area contributed by atoms with E-state index in [4.69, 9.17) is 5.73 Å². The molecule has 0 aliphatic rings. The molecule has 0 unspecified atom stereocenters. The molecule has 128 valence electrons. The lowest BCUT2D eigenvalue weighted by Gasteiger charge is -2.07. The van der Waals surface area contributed by atoms with Crippen LogP contribution >= 0.6 is 24.0 Å². The second-order valence-corrected chi connectivity index (χ2v) is 5.29. The average molecular weight is 438 g/mol. The van der Waals surface area contributed by atoms with Gasteiger partial charge in [-0.05, 0) is 48.7 Å². The molecule has 0 saturated heterocycles. The number of rotatable bonds is 5. The van der Waals surface area contributed by atoms with Gasteiger partial charge in [-0.1, -0.05) is 24.3 Å². The van der Waals surface area contributed by atoms with Gasteiger partial charge in [-0.2, -0.15) is 0 Å². The third-order valence-electron chi connectivity index (χ3n) is 3.39. The minimum atomic E-state index is -0.0871. The van der Waals surface area contributed by atoms with Crippen molar-refractivity contribution >= 4 is 41.5 Å². The molecule has 5 nitrogen and oxygen atoms in total. The Morgan fingerprint density at radius 2 is 1.92 bits per heavy atom. The Kier molecular flexibility index (Phi) is 8.25. The zero-order valence-electron chi connectivity index (χ0n) is 13.9. The van der Waals surface area contributed by atoms with Crippen LogP contribution in [-0.4, -0.2) is 25.5 Å². The number of benzene rings is 2. The highest BCUT2D eigenvalue weighted by atomic mass is 127. The van der Waals surface area contributed by atoms with Crippen molar-refractivity contribution in [3.63, 3.8) is 0 Å². The number of carbonyl (C=O) groups is 1. The lowest BCUT2D eigenvalue weighted by molar-refractivity contribution is 0.0963. The fourth-order valence-electron chi connectivity index (χ4n) is 2.23. The van der Waals surface area contributed by atoms with E-state index in [1.165, 1.54) is 0 Å². The second kappa shape index (κ2) is 9.92. The van der Waals surface area contributed by atoms with Gasteiger partial charge in [0, 0.05) is 24.8 Å². The zero-order valence-corrected chi connectivity index (χ0v) is 16.2. The molecule has 0 aromatic heterocycles. The molecular weight excluding hydrogens is 415 g/mol. The summed E-state index contributed by atoms with van der Waals surface area (Å²) in [6.07, 6.45) is 0.723. The van der Waals surface area contributed by atoms with E-state index in [2.05, 4.69) is 15.6 Å². The van der Waals surface area contributed by atoms with Crippen LogP contribution in [0.1, 0.15) is 21.5 Å². The predicted molar refractivity (Wildman–Crippen MR) is 110 cm³/mol. The lowest BCUT2D eigenvalue weighted by atomic mass is 10.1. The quantitative estimate of drug-likeness (QED) is 0.382. The monoisotopic (exact) mass is 438 g/mol. The first-order chi connectivity index (χ1) is 11.1. The molecule has 1 amide bonds. The molecule has 2 aromatic rings. The number of hydrogen-bond donors (Lipinski definition) is 3. The number of halogens is 1. The molecule has 24 heavy (non-hydrogen) atoms. The number of nitrogens with zero attached hydrogens (tertiary/aromatic N) is 1. The molecule has 0 spiro atoms. The minimum Gasteiger partial charge on any atom is -0.370 e. The van der Waals surface area contributed by atoms with Crippen LogP contribution in [0.4, 0.5) is 5.69 Å². The summed E-state index contributed by atoms with van der Waals surface area (Å²) in [5.74, 6) is 0.300. The summed E-state index contributed by atoms with van der Waals surface area (Å²) in [5.41, 5.74) is 9.69. The van der Waals surface area contributed by atoms with Crippen molar-refractivity contribution in [2.75, 3.05) is 18.9 Å². The first-order valence-electron chi connectivity index (χ1n) is 7.53. The van der Waals surface area contributed by atoms with Crippen LogP contribution in [0, 0.1) is 6.92 Å². The molecule has 6 heteroatoms. The smallest absolute Gasteiger partial charge is 0.251 e. The molecule has 0 saturated carbocycles. The summed E-state index contributed by atoms with van der Waals surface area (Å²) in [6, 6.07) is 15.5. The van der Waals surface area contributed by atoms with Crippen molar-refractivity contribution in [3.05, 3.63) is 65.2 Å². The van der Waals surface area contributed by atoms with E-state index in [1.807, 2.05) is 49.4 Å². The third kappa shape index (κ3) is 6.19. The molecule has 0 aliphatic carbocycles. The van der Waals surface area contributed by atoms with Gasteiger partial charge >= 0.3 is 0 Å². The number of anilines is 1. The lowest BCUT2D eigenvalue weighted by Crippen LogP contribution is -2.23. The molecule has 2 aromatic carbocycles. The Morgan fingerprint density at radius 1 is 1.17 bits per heavy atom. The second-order valence-electron chi connectivity index (χ2n) is 5.29.